The molecule has 1 unspecified atom stereocenters. The molecule has 6 nitrogen and oxygen atoms in total. The number of anilines is 1. The van der Waals surface area contributed by atoms with Gasteiger partial charge in [-0.1, -0.05) is 50.3 Å². The second-order valence-electron chi connectivity index (χ2n) is 10.6. The molecule has 0 aliphatic rings. The van der Waals surface area contributed by atoms with E-state index in [4.69, 9.17) is 16.7 Å². The minimum atomic E-state index is -4.49. The van der Waals surface area contributed by atoms with Gasteiger partial charge in [-0.15, -0.1) is 0 Å². The molecule has 0 saturated heterocycles. The summed E-state index contributed by atoms with van der Waals surface area (Å²) in [5.74, 6) is -1.26. The zero-order valence-corrected chi connectivity index (χ0v) is 24.9. The number of hydrogen-bond acceptors (Lipinski definition) is 3. The van der Waals surface area contributed by atoms with Crippen LogP contribution in [0.2, 0.25) is 5.02 Å². The summed E-state index contributed by atoms with van der Waals surface area (Å²) in [5.41, 5.74) is 2.36. The van der Waals surface area contributed by atoms with Crippen LogP contribution in [0, 0.1) is 0 Å². The maximum Gasteiger partial charge on any atom is 0.416 e. The van der Waals surface area contributed by atoms with Crippen molar-refractivity contribution in [2.45, 2.75) is 57.7 Å². The minimum absolute atomic E-state index is 0.0953. The number of benzene rings is 3. The molecule has 43 heavy (non-hydrogen) atoms. The first kappa shape index (κ1) is 31.9. The van der Waals surface area contributed by atoms with Crippen LogP contribution in [0.15, 0.2) is 72.8 Å². The number of carboxylic acids is 1. The molecule has 1 atom stereocenters. The third kappa shape index (κ3) is 8.10. The number of rotatable bonds is 13. The Morgan fingerprint density at radius 3 is 2.42 bits per heavy atom. The highest BCUT2D eigenvalue weighted by Gasteiger charge is 2.31. The molecule has 2 N–H and O–H groups in total. The van der Waals surface area contributed by atoms with Gasteiger partial charge in [0, 0.05) is 46.6 Å². The molecule has 0 spiro atoms. The zero-order valence-electron chi connectivity index (χ0n) is 24.1. The lowest BCUT2D eigenvalue weighted by atomic mass is 10.0. The number of hydrogen-bond donors (Lipinski definition) is 2. The Balaban J connectivity index is 1.72. The summed E-state index contributed by atoms with van der Waals surface area (Å²) in [6, 6.07) is 19.3. The van der Waals surface area contributed by atoms with Gasteiger partial charge in [-0.25, -0.2) is 0 Å². The summed E-state index contributed by atoms with van der Waals surface area (Å²) >= 11 is 6.30. The van der Waals surface area contributed by atoms with E-state index >= 15 is 0 Å². The van der Waals surface area contributed by atoms with Crippen molar-refractivity contribution >= 4 is 40.1 Å². The van der Waals surface area contributed by atoms with Gasteiger partial charge >= 0.3 is 12.1 Å². The van der Waals surface area contributed by atoms with E-state index in [2.05, 4.69) is 12.2 Å². The Labute approximate surface area is 254 Å². The molecule has 0 saturated carbocycles. The van der Waals surface area contributed by atoms with Crippen molar-refractivity contribution in [1.82, 2.24) is 9.47 Å². The van der Waals surface area contributed by atoms with Gasteiger partial charge in [0.25, 0.3) is 5.91 Å². The van der Waals surface area contributed by atoms with E-state index in [-0.39, 0.29) is 24.9 Å². The molecule has 4 rings (SSSR count). The van der Waals surface area contributed by atoms with Crippen LogP contribution in [0.3, 0.4) is 0 Å². The van der Waals surface area contributed by atoms with E-state index in [9.17, 15) is 22.8 Å². The molecule has 1 heterocycles. The summed E-state index contributed by atoms with van der Waals surface area (Å²) < 4.78 is 42.9. The lowest BCUT2D eigenvalue weighted by Gasteiger charge is -2.24. The number of carboxylic acid groups (broad SMARTS) is 1. The number of aliphatic carboxylic acids is 1. The Bertz CT molecular complexity index is 1570. The standard InChI is InChI=1S/C33H35ClF3N3O3/c1-3-4-5-6-10-28(38-26-14-11-22(12-15-26)32(43)39(2)18-17-31(41)42)30-20-23-19-25(34)13-16-29(23)40(30)27-9-7-8-24(21-27)33(35,36)37/h7-9,11-16,19-21,28,38H,3-6,10,17-18H2,1-2H3,(H,41,42). The predicted octanol–water partition coefficient (Wildman–Crippen LogP) is 8.97. The van der Waals surface area contributed by atoms with Gasteiger partial charge in [0.2, 0.25) is 0 Å². The largest absolute Gasteiger partial charge is 0.481 e. The van der Waals surface area contributed by atoms with E-state index in [1.165, 1.54) is 11.0 Å². The first-order chi connectivity index (χ1) is 20.5. The number of amides is 1. The van der Waals surface area contributed by atoms with E-state index in [0.29, 0.717) is 16.3 Å². The fourth-order valence-corrected chi connectivity index (χ4v) is 5.32. The molecule has 0 radical (unpaired) electrons. The number of nitrogens with zero attached hydrogens (tertiary/aromatic N) is 2. The number of nitrogens with one attached hydrogen (secondary N) is 1. The number of halogens is 4. The van der Waals surface area contributed by atoms with Gasteiger partial charge in [0.15, 0.2) is 0 Å². The molecule has 4 aromatic rings. The normalized spacial score (nSPS) is 12.3. The molecule has 3 aromatic carbocycles. The number of fused-ring (bicyclic) bond motifs is 1. The van der Waals surface area contributed by atoms with E-state index in [1.807, 2.05) is 16.7 Å². The summed E-state index contributed by atoms with van der Waals surface area (Å²) in [5, 5.41) is 13.8. The number of carbonyl (C=O) groups is 2. The van der Waals surface area contributed by atoms with E-state index in [1.54, 1.807) is 49.5 Å². The highest BCUT2D eigenvalue weighted by atomic mass is 35.5. The fourth-order valence-electron chi connectivity index (χ4n) is 5.14. The summed E-state index contributed by atoms with van der Waals surface area (Å²) in [6.07, 6.45) is 0.153. The third-order valence-electron chi connectivity index (χ3n) is 7.41. The van der Waals surface area contributed by atoms with Crippen molar-refractivity contribution in [2.24, 2.45) is 0 Å². The first-order valence-electron chi connectivity index (χ1n) is 14.3. The molecule has 1 amide bonds. The molecular weight excluding hydrogens is 579 g/mol. The van der Waals surface area contributed by atoms with Gasteiger partial charge in [0.1, 0.15) is 0 Å². The van der Waals surface area contributed by atoms with Crippen molar-refractivity contribution < 1.29 is 27.9 Å². The lowest BCUT2D eigenvalue weighted by molar-refractivity contribution is -0.138. The number of unbranched alkanes of at least 4 members (excludes halogenated alkanes) is 3. The summed E-state index contributed by atoms with van der Waals surface area (Å²) in [4.78, 5) is 25.0. The zero-order chi connectivity index (χ0) is 31.1. The average molecular weight is 614 g/mol. The molecular formula is C33H35ClF3N3O3. The molecule has 0 aliphatic carbocycles. The van der Waals surface area contributed by atoms with Crippen LogP contribution < -0.4 is 5.32 Å². The second kappa shape index (κ2) is 14.0. The predicted molar refractivity (Wildman–Crippen MR) is 164 cm³/mol. The van der Waals surface area contributed by atoms with Crippen LogP contribution in [0.5, 0.6) is 0 Å². The van der Waals surface area contributed by atoms with Crippen LogP contribution in [0.25, 0.3) is 16.6 Å². The molecule has 10 heteroatoms. The average Bonchev–Trinajstić information content (AvgIpc) is 3.35. The maximum absolute atomic E-state index is 13.7. The smallest absolute Gasteiger partial charge is 0.416 e. The van der Waals surface area contributed by atoms with Crippen molar-refractivity contribution in [1.29, 1.82) is 0 Å². The molecule has 0 bridgehead atoms. The topological polar surface area (TPSA) is 74.6 Å². The number of carbonyl (C=O) groups excluding carboxylic acids is 1. The van der Waals surface area contributed by atoms with Crippen LogP contribution in [0.1, 0.15) is 73.1 Å². The van der Waals surface area contributed by atoms with Gasteiger partial charge in [0.05, 0.1) is 23.5 Å². The third-order valence-corrected chi connectivity index (χ3v) is 7.64. The molecule has 0 aliphatic heterocycles. The van der Waals surface area contributed by atoms with Gasteiger partial charge in [-0.2, -0.15) is 13.2 Å². The quantitative estimate of drug-likeness (QED) is 0.148. The first-order valence-corrected chi connectivity index (χ1v) is 14.7. The van der Waals surface area contributed by atoms with Crippen LogP contribution in [-0.2, 0) is 11.0 Å². The van der Waals surface area contributed by atoms with E-state index < -0.39 is 17.7 Å². The molecule has 1 aromatic heterocycles. The Hall–Kier alpha value is -3.98. The van der Waals surface area contributed by atoms with Crippen molar-refractivity contribution in [3.05, 3.63) is 94.6 Å². The Morgan fingerprint density at radius 1 is 1.00 bits per heavy atom. The highest BCUT2D eigenvalue weighted by Crippen LogP contribution is 2.36. The van der Waals surface area contributed by atoms with Crippen LogP contribution >= 0.6 is 11.6 Å². The molecule has 0 fully saturated rings. The molecule has 228 valence electrons. The second-order valence-corrected chi connectivity index (χ2v) is 11.1. The Kier molecular flexibility index (Phi) is 10.4. The minimum Gasteiger partial charge on any atom is -0.481 e. The van der Waals surface area contributed by atoms with Crippen molar-refractivity contribution in [3.63, 3.8) is 0 Å². The lowest BCUT2D eigenvalue weighted by Crippen LogP contribution is -2.29. The van der Waals surface area contributed by atoms with Crippen LogP contribution in [-0.4, -0.2) is 40.0 Å². The fraction of sp³-hybridized carbons (Fsp3) is 0.333. The van der Waals surface area contributed by atoms with Gasteiger partial charge < -0.3 is 19.9 Å². The van der Waals surface area contributed by atoms with Crippen molar-refractivity contribution in [2.75, 3.05) is 18.9 Å². The highest BCUT2D eigenvalue weighted by molar-refractivity contribution is 6.31. The summed E-state index contributed by atoms with van der Waals surface area (Å²) in [7, 11) is 1.56. The van der Waals surface area contributed by atoms with E-state index in [0.717, 1.165) is 66.5 Å². The number of aromatic nitrogens is 1. The SMILES string of the molecule is CCCCCCC(Nc1ccc(C(=O)N(C)CCC(=O)O)cc1)c1cc2cc(Cl)ccc2n1-c1cccc(C(F)(F)F)c1. The van der Waals surface area contributed by atoms with Gasteiger partial charge in [-0.05, 0) is 73.2 Å². The monoisotopic (exact) mass is 613 g/mol. The summed E-state index contributed by atoms with van der Waals surface area (Å²) in [6.45, 7) is 2.23. The van der Waals surface area contributed by atoms with Crippen molar-refractivity contribution in [3.8, 4) is 5.69 Å². The van der Waals surface area contributed by atoms with Gasteiger partial charge in [-0.3, -0.25) is 9.59 Å². The Morgan fingerprint density at radius 2 is 1.74 bits per heavy atom. The number of alkyl halides is 3. The van der Waals surface area contributed by atoms with Crippen LogP contribution in [0.4, 0.5) is 18.9 Å². The maximum atomic E-state index is 13.7.